The molecule has 3 saturated heterocycles. The summed E-state index contributed by atoms with van der Waals surface area (Å²) >= 11 is 0. The molecule has 0 aromatic carbocycles. The van der Waals surface area contributed by atoms with Crippen molar-refractivity contribution in [2.75, 3.05) is 39.3 Å². The van der Waals surface area contributed by atoms with E-state index in [1.807, 2.05) is 14.7 Å². The van der Waals surface area contributed by atoms with Gasteiger partial charge in [-0.3, -0.25) is 10.00 Å². The number of hydrogen-bond donors (Lipinski definition) is 1. The van der Waals surface area contributed by atoms with Crippen LogP contribution in [0.1, 0.15) is 60.6 Å². The molecule has 0 radical (unpaired) electrons. The lowest BCUT2D eigenvalue weighted by molar-refractivity contribution is -0.155. The average Bonchev–Trinajstić information content (AvgIpc) is 3.19. The van der Waals surface area contributed by atoms with E-state index in [0.29, 0.717) is 38.0 Å². The number of alkyl halides is 3. The van der Waals surface area contributed by atoms with Crippen molar-refractivity contribution >= 4 is 6.03 Å². The summed E-state index contributed by atoms with van der Waals surface area (Å²) in [7, 11) is 0. The molecule has 0 bridgehead atoms. The number of rotatable bonds is 4. The van der Waals surface area contributed by atoms with Crippen LogP contribution in [0, 0.1) is 10.8 Å². The molecule has 0 atom stereocenters. The number of aromatic amines is 1. The number of halogens is 3. The van der Waals surface area contributed by atoms with Crippen LogP contribution in [-0.4, -0.2) is 80.2 Å². The lowest BCUT2D eigenvalue weighted by Crippen LogP contribution is -2.75. The van der Waals surface area contributed by atoms with Crippen LogP contribution in [0.3, 0.4) is 0 Å². The Morgan fingerprint density at radius 1 is 1.06 bits per heavy atom. The monoisotopic (exact) mass is 477 g/mol. The molecule has 34 heavy (non-hydrogen) atoms. The highest BCUT2D eigenvalue weighted by Gasteiger charge is 2.58. The molecule has 2 aliphatic carbocycles. The first-order valence-corrected chi connectivity index (χ1v) is 11.9. The van der Waals surface area contributed by atoms with Crippen LogP contribution in [0.15, 0.2) is 10.8 Å². The van der Waals surface area contributed by atoms with E-state index >= 15 is 0 Å². The molecule has 9 nitrogen and oxygen atoms in total. The van der Waals surface area contributed by atoms with E-state index < -0.39 is 11.9 Å². The number of nitrogens with zero attached hydrogens (tertiary/aromatic N) is 6. The fourth-order valence-electron chi connectivity index (χ4n) is 6.47. The molecule has 2 spiro atoms. The smallest absolute Gasteiger partial charge is 0.439 e. The van der Waals surface area contributed by atoms with Crippen LogP contribution in [-0.2, 0) is 12.7 Å². The van der Waals surface area contributed by atoms with Gasteiger partial charge in [0.15, 0.2) is 12.2 Å². The van der Waals surface area contributed by atoms with E-state index in [9.17, 15) is 18.0 Å². The number of aromatic nitrogens is 4. The van der Waals surface area contributed by atoms with Crippen molar-refractivity contribution in [3.8, 4) is 0 Å². The molecule has 0 unspecified atom stereocenters. The van der Waals surface area contributed by atoms with Crippen molar-refractivity contribution in [3.63, 3.8) is 0 Å². The summed E-state index contributed by atoms with van der Waals surface area (Å²) in [4.78, 5) is 27.0. The third kappa shape index (κ3) is 3.24. The van der Waals surface area contributed by atoms with Gasteiger partial charge >= 0.3 is 12.2 Å². The minimum absolute atomic E-state index is 0.00740. The molecule has 2 aromatic rings. The summed E-state index contributed by atoms with van der Waals surface area (Å²) in [6.45, 7) is 4.40. The minimum Gasteiger partial charge on any atom is -0.439 e. The standard InChI is InChI=1S/C22H26F3N7O2/c23-22(24,25)16-15(26-12-34-16)5-30-6-21(7-30)10-32(11-21)19(33)31-8-20(9-31)3-14(4-20)18-27-17(28-29-18)13-1-2-13/h12-14H,1-11H2,(H,27,28,29). The third-order valence-electron chi connectivity index (χ3n) is 8.24. The molecular weight excluding hydrogens is 451 g/mol. The van der Waals surface area contributed by atoms with Crippen molar-refractivity contribution < 1.29 is 22.4 Å². The van der Waals surface area contributed by atoms with E-state index in [2.05, 4.69) is 24.6 Å². The number of nitrogens with one attached hydrogen (secondary N) is 1. The molecule has 12 heteroatoms. The summed E-state index contributed by atoms with van der Waals surface area (Å²) in [5.41, 5.74) is 0.164. The van der Waals surface area contributed by atoms with Crippen LogP contribution in [0.2, 0.25) is 0 Å². The van der Waals surface area contributed by atoms with Gasteiger partial charge in [0.25, 0.3) is 0 Å². The number of amides is 2. The Kier molecular flexibility index (Phi) is 4.10. The zero-order valence-electron chi connectivity index (χ0n) is 18.6. The van der Waals surface area contributed by atoms with Gasteiger partial charge in [-0.2, -0.15) is 18.3 Å². The average molecular weight is 477 g/mol. The fourth-order valence-corrected chi connectivity index (χ4v) is 6.47. The second-order valence-corrected chi connectivity index (χ2v) is 11.2. The van der Waals surface area contributed by atoms with E-state index in [1.54, 1.807) is 0 Å². The van der Waals surface area contributed by atoms with E-state index in [-0.39, 0.29) is 29.1 Å². The predicted octanol–water partition coefficient (Wildman–Crippen LogP) is 2.81. The molecule has 2 aromatic heterocycles. The van der Waals surface area contributed by atoms with Crippen LogP contribution in [0.25, 0.3) is 0 Å². The SMILES string of the molecule is O=C(N1CC2(CC(c3nc(C4CC4)n[nH]3)C2)C1)N1CC2(CN(Cc3ncoc3C(F)(F)F)C2)C1. The molecule has 5 aliphatic rings. The Hall–Kier alpha value is -2.63. The molecule has 3 aliphatic heterocycles. The third-order valence-corrected chi connectivity index (χ3v) is 8.24. The highest BCUT2D eigenvalue weighted by atomic mass is 19.4. The van der Waals surface area contributed by atoms with Gasteiger partial charge in [0.1, 0.15) is 11.5 Å². The van der Waals surface area contributed by atoms with Crippen LogP contribution in [0.5, 0.6) is 0 Å². The Morgan fingerprint density at radius 2 is 1.74 bits per heavy atom. The first-order chi connectivity index (χ1) is 16.2. The number of H-pyrrole nitrogens is 1. The fraction of sp³-hybridized carbons (Fsp3) is 0.727. The Balaban J connectivity index is 0.856. The molecule has 7 rings (SSSR count). The zero-order valence-corrected chi connectivity index (χ0v) is 18.6. The number of oxazole rings is 1. The number of urea groups is 1. The number of carbonyl (C=O) groups is 1. The van der Waals surface area contributed by atoms with Crippen molar-refractivity contribution in [3.05, 3.63) is 29.5 Å². The second kappa shape index (κ2) is 6.73. The normalized spacial score (nSPS) is 25.7. The molecular formula is C22H26F3N7O2. The van der Waals surface area contributed by atoms with Gasteiger partial charge in [-0.05, 0) is 25.7 Å². The van der Waals surface area contributed by atoms with E-state index in [0.717, 1.165) is 44.0 Å². The van der Waals surface area contributed by atoms with E-state index in [1.165, 1.54) is 12.8 Å². The van der Waals surface area contributed by atoms with Gasteiger partial charge in [0.05, 0.1) is 0 Å². The van der Waals surface area contributed by atoms with Gasteiger partial charge in [-0.1, -0.05) is 0 Å². The summed E-state index contributed by atoms with van der Waals surface area (Å²) < 4.78 is 43.4. The molecule has 5 heterocycles. The molecule has 182 valence electrons. The summed E-state index contributed by atoms with van der Waals surface area (Å²) in [6.07, 6.45) is 0.808. The van der Waals surface area contributed by atoms with Crippen LogP contribution >= 0.6 is 0 Å². The number of carbonyl (C=O) groups excluding carboxylic acids is 1. The van der Waals surface area contributed by atoms with Gasteiger partial charge < -0.3 is 14.2 Å². The molecule has 1 N–H and O–H groups in total. The minimum atomic E-state index is -4.53. The molecule has 2 saturated carbocycles. The topological polar surface area (TPSA) is 94.4 Å². The van der Waals surface area contributed by atoms with Crippen molar-refractivity contribution in [2.45, 2.75) is 50.2 Å². The van der Waals surface area contributed by atoms with E-state index in [4.69, 9.17) is 0 Å². The van der Waals surface area contributed by atoms with Gasteiger partial charge in [0, 0.05) is 68.5 Å². The van der Waals surface area contributed by atoms with Crippen LogP contribution < -0.4 is 0 Å². The maximum Gasteiger partial charge on any atom is 0.451 e. The quantitative estimate of drug-likeness (QED) is 0.728. The predicted molar refractivity (Wildman–Crippen MR) is 111 cm³/mol. The lowest BCUT2D eigenvalue weighted by Gasteiger charge is -2.63. The largest absolute Gasteiger partial charge is 0.451 e. The van der Waals surface area contributed by atoms with Gasteiger partial charge in [0.2, 0.25) is 5.76 Å². The zero-order chi connectivity index (χ0) is 23.3. The number of hydrogen-bond acceptors (Lipinski definition) is 6. The molecule has 2 amide bonds. The Bertz CT molecular complexity index is 1110. The number of likely N-dealkylation sites (tertiary alicyclic amines) is 3. The lowest BCUT2D eigenvalue weighted by atomic mass is 9.57. The summed E-state index contributed by atoms with van der Waals surface area (Å²) in [6, 6.07) is 0.0877. The van der Waals surface area contributed by atoms with Crippen molar-refractivity contribution in [1.82, 2.24) is 34.9 Å². The van der Waals surface area contributed by atoms with Gasteiger partial charge in [-0.15, -0.1) is 0 Å². The highest BCUT2D eigenvalue weighted by Crippen LogP contribution is 2.56. The maximum absolute atomic E-state index is 13.0. The second-order valence-electron chi connectivity index (χ2n) is 11.2. The highest BCUT2D eigenvalue weighted by molar-refractivity contribution is 5.77. The van der Waals surface area contributed by atoms with Gasteiger partial charge in [-0.25, -0.2) is 14.8 Å². The Morgan fingerprint density at radius 3 is 2.38 bits per heavy atom. The summed E-state index contributed by atoms with van der Waals surface area (Å²) in [5, 5.41) is 7.47. The first kappa shape index (κ1) is 20.7. The maximum atomic E-state index is 13.0. The van der Waals surface area contributed by atoms with Crippen LogP contribution in [0.4, 0.5) is 18.0 Å². The van der Waals surface area contributed by atoms with Crippen molar-refractivity contribution in [2.24, 2.45) is 10.8 Å². The Labute approximate surface area is 193 Å². The molecule has 5 fully saturated rings. The first-order valence-electron chi connectivity index (χ1n) is 11.9. The summed E-state index contributed by atoms with van der Waals surface area (Å²) in [5.74, 6) is 1.93. The van der Waals surface area contributed by atoms with Crippen molar-refractivity contribution in [1.29, 1.82) is 0 Å².